The van der Waals surface area contributed by atoms with Crippen LogP contribution in [0.1, 0.15) is 18.4 Å². The molecule has 144 valence electrons. The lowest BCUT2D eigenvalue weighted by molar-refractivity contribution is 0.561. The van der Waals surface area contributed by atoms with E-state index in [2.05, 4.69) is 28.4 Å². The van der Waals surface area contributed by atoms with Crippen LogP contribution in [-0.4, -0.2) is 9.97 Å². The monoisotopic (exact) mass is 377 g/mol. The molecule has 4 rings (SSSR count). The number of nitrogens with zero attached hydrogens (tertiary/aromatic N) is 2. The van der Waals surface area contributed by atoms with Crippen LogP contribution in [0.4, 0.5) is 10.2 Å². The maximum atomic E-state index is 13.7. The van der Waals surface area contributed by atoms with Crippen molar-refractivity contribution in [3.05, 3.63) is 90.7 Å². The summed E-state index contributed by atoms with van der Waals surface area (Å²) in [4.78, 5) is 8.81. The van der Waals surface area contributed by atoms with Gasteiger partial charge in [-0.2, -0.15) is 0 Å². The second kappa shape index (κ2) is 8.48. The molecule has 4 nitrogen and oxygen atoms in total. The number of rotatable bonds is 4. The third-order valence-electron chi connectivity index (χ3n) is 4.33. The Morgan fingerprint density at radius 1 is 1.11 bits per heavy atom. The molecule has 4 aromatic rings. The zero-order valence-corrected chi connectivity index (χ0v) is 16.0. The van der Waals surface area contributed by atoms with Crippen molar-refractivity contribution < 1.29 is 10.2 Å². The van der Waals surface area contributed by atoms with Crippen LogP contribution in [-0.2, 0) is 6.54 Å². The second-order valence-corrected chi connectivity index (χ2v) is 6.24. The fourth-order valence-electron chi connectivity index (χ4n) is 2.99. The zero-order valence-electron chi connectivity index (χ0n) is 16.0. The molecule has 0 spiro atoms. The first kappa shape index (κ1) is 19.3. The van der Waals surface area contributed by atoms with Gasteiger partial charge in [0.25, 0.3) is 0 Å². The lowest BCUT2D eigenvalue weighted by atomic mass is 10.0. The van der Waals surface area contributed by atoms with E-state index < -0.39 is 0 Å². The highest BCUT2D eigenvalue weighted by Gasteiger charge is 2.09. The van der Waals surface area contributed by atoms with Crippen molar-refractivity contribution in [2.45, 2.75) is 20.4 Å². The fraction of sp³-hybridized carbons (Fsp3) is 0.130. The van der Waals surface area contributed by atoms with Crippen molar-refractivity contribution >= 4 is 16.9 Å². The quantitative estimate of drug-likeness (QED) is 0.424. The van der Waals surface area contributed by atoms with Crippen LogP contribution in [0.5, 0.6) is 0 Å². The summed E-state index contributed by atoms with van der Waals surface area (Å²) in [5.74, 6) is 1.14. The molecule has 2 heterocycles. The predicted molar refractivity (Wildman–Crippen MR) is 114 cm³/mol. The maximum Gasteiger partial charge on any atom is 0.192 e. The first-order chi connectivity index (χ1) is 13.6. The number of pyridine rings is 1. The Hall–Kier alpha value is -3.47. The summed E-state index contributed by atoms with van der Waals surface area (Å²) in [6.07, 6.45) is 1.81. The minimum Gasteiger partial charge on any atom is -0.441 e. The van der Waals surface area contributed by atoms with E-state index in [9.17, 15) is 4.39 Å². The average molecular weight is 377 g/mol. The van der Waals surface area contributed by atoms with Crippen molar-refractivity contribution in [1.82, 2.24) is 9.97 Å². The molecule has 0 unspecified atom stereocenters. The molecule has 0 aliphatic rings. The summed E-state index contributed by atoms with van der Waals surface area (Å²) in [5, 5.41) is 3.15. The molecule has 28 heavy (non-hydrogen) atoms. The largest absolute Gasteiger partial charge is 0.441 e. The number of benzene rings is 2. The first-order valence-corrected chi connectivity index (χ1v) is 8.91. The summed E-state index contributed by atoms with van der Waals surface area (Å²) in [6.45, 7) is 10.3. The SMILES string of the molecule is C=C.Cc1nc2cc(C)c(-c3ccc(NCc4ccccc4F)nc3)cc2o1.[HH]. The number of oxazole rings is 1. The number of fused-ring (bicyclic) bond motifs is 1. The highest BCUT2D eigenvalue weighted by Crippen LogP contribution is 2.28. The van der Waals surface area contributed by atoms with Gasteiger partial charge in [-0.1, -0.05) is 18.2 Å². The number of nitrogens with one attached hydrogen (secondary N) is 1. The molecule has 0 amide bonds. The zero-order chi connectivity index (χ0) is 20.1. The fourth-order valence-corrected chi connectivity index (χ4v) is 2.99. The number of aromatic nitrogens is 2. The van der Waals surface area contributed by atoms with Gasteiger partial charge in [-0.3, -0.25) is 0 Å². The van der Waals surface area contributed by atoms with Gasteiger partial charge >= 0.3 is 0 Å². The standard InChI is InChI=1S/C21H18FN3O.C2H4.H2/c1-13-9-19-20(26-14(2)25-19)10-17(13)15-7-8-21(23-11-15)24-12-16-5-3-4-6-18(16)22;1-2;/h3-11H,12H2,1-2H3,(H,23,24);1-2H2;1H. The summed E-state index contributed by atoms with van der Waals surface area (Å²) < 4.78 is 19.3. The Labute approximate surface area is 165 Å². The summed E-state index contributed by atoms with van der Waals surface area (Å²) in [6, 6.07) is 14.6. The normalized spacial score (nSPS) is 10.4. The van der Waals surface area contributed by atoms with E-state index in [1.807, 2.05) is 44.2 Å². The molecule has 0 saturated heterocycles. The van der Waals surface area contributed by atoms with E-state index in [1.54, 1.807) is 18.3 Å². The van der Waals surface area contributed by atoms with Crippen LogP contribution in [0, 0.1) is 19.7 Å². The number of hydrogen-bond acceptors (Lipinski definition) is 4. The van der Waals surface area contributed by atoms with Gasteiger partial charge in [0.15, 0.2) is 11.5 Å². The number of hydrogen-bond donors (Lipinski definition) is 1. The Morgan fingerprint density at radius 2 is 1.89 bits per heavy atom. The topological polar surface area (TPSA) is 51.0 Å². The predicted octanol–water partition coefficient (Wildman–Crippen LogP) is 6.31. The van der Waals surface area contributed by atoms with Crippen LogP contribution in [0.2, 0.25) is 0 Å². The minimum atomic E-state index is -0.220. The number of anilines is 1. The van der Waals surface area contributed by atoms with Gasteiger partial charge in [-0.25, -0.2) is 14.4 Å². The van der Waals surface area contributed by atoms with Crippen molar-refractivity contribution in [3.8, 4) is 11.1 Å². The van der Waals surface area contributed by atoms with Crippen LogP contribution in [0.3, 0.4) is 0 Å². The van der Waals surface area contributed by atoms with Crippen LogP contribution < -0.4 is 5.32 Å². The third-order valence-corrected chi connectivity index (χ3v) is 4.33. The lowest BCUT2D eigenvalue weighted by Gasteiger charge is -2.09. The molecule has 0 aliphatic heterocycles. The molecule has 0 fully saturated rings. The van der Waals surface area contributed by atoms with Gasteiger partial charge in [0, 0.05) is 32.2 Å². The van der Waals surface area contributed by atoms with E-state index in [-0.39, 0.29) is 7.24 Å². The molecule has 2 aromatic carbocycles. The summed E-state index contributed by atoms with van der Waals surface area (Å²) >= 11 is 0. The molecule has 0 radical (unpaired) electrons. The Bertz CT molecular complexity index is 1090. The maximum absolute atomic E-state index is 13.7. The van der Waals surface area contributed by atoms with Gasteiger partial charge in [-0.15, -0.1) is 13.2 Å². The van der Waals surface area contributed by atoms with Gasteiger partial charge in [0.05, 0.1) is 0 Å². The van der Waals surface area contributed by atoms with E-state index in [0.717, 1.165) is 27.8 Å². The molecule has 0 aliphatic carbocycles. The third kappa shape index (κ3) is 4.09. The molecular formula is C23H24FN3O. The Morgan fingerprint density at radius 3 is 2.61 bits per heavy atom. The van der Waals surface area contributed by atoms with Crippen molar-refractivity contribution in [2.75, 3.05) is 5.32 Å². The summed E-state index contributed by atoms with van der Waals surface area (Å²) in [5.41, 5.74) is 5.40. The number of halogens is 1. The second-order valence-electron chi connectivity index (χ2n) is 6.24. The highest BCUT2D eigenvalue weighted by atomic mass is 19.1. The molecular weight excluding hydrogens is 353 g/mol. The molecule has 2 aromatic heterocycles. The smallest absolute Gasteiger partial charge is 0.192 e. The van der Waals surface area contributed by atoms with E-state index in [0.29, 0.717) is 23.8 Å². The van der Waals surface area contributed by atoms with Crippen LogP contribution in [0.25, 0.3) is 22.2 Å². The van der Waals surface area contributed by atoms with Gasteiger partial charge in [0.2, 0.25) is 0 Å². The van der Waals surface area contributed by atoms with Gasteiger partial charge in [-0.05, 0) is 48.4 Å². The van der Waals surface area contributed by atoms with Crippen molar-refractivity contribution in [2.24, 2.45) is 0 Å². The highest BCUT2D eigenvalue weighted by molar-refractivity contribution is 5.82. The lowest BCUT2D eigenvalue weighted by Crippen LogP contribution is -2.03. The van der Waals surface area contributed by atoms with Crippen LogP contribution in [0.15, 0.2) is 72.3 Å². The Balaban J connectivity index is 0.000000970. The molecule has 0 atom stereocenters. The number of aryl methyl sites for hydroxylation is 2. The molecule has 1 N–H and O–H groups in total. The Kier molecular flexibility index (Phi) is 5.84. The van der Waals surface area contributed by atoms with E-state index >= 15 is 0 Å². The van der Waals surface area contributed by atoms with E-state index in [1.165, 1.54) is 6.07 Å². The van der Waals surface area contributed by atoms with Crippen LogP contribution >= 0.6 is 0 Å². The van der Waals surface area contributed by atoms with Crippen molar-refractivity contribution in [1.29, 1.82) is 0 Å². The molecule has 0 bridgehead atoms. The average Bonchev–Trinajstić information content (AvgIpc) is 3.07. The van der Waals surface area contributed by atoms with Crippen molar-refractivity contribution in [3.63, 3.8) is 0 Å². The van der Waals surface area contributed by atoms with Gasteiger partial charge < -0.3 is 9.73 Å². The van der Waals surface area contributed by atoms with E-state index in [4.69, 9.17) is 4.42 Å². The van der Waals surface area contributed by atoms with Gasteiger partial charge in [0.1, 0.15) is 17.2 Å². The molecule has 0 saturated carbocycles. The summed E-state index contributed by atoms with van der Waals surface area (Å²) in [7, 11) is 0. The minimum absolute atomic E-state index is 0. The first-order valence-electron chi connectivity index (χ1n) is 8.91. The molecule has 5 heteroatoms.